The number of carbonyl (C=O) groups excluding carboxylic acids is 2. The SMILES string of the molecule is CC[C@@H]1CCCCN1C(=O)COC(=O)c1csc(-c2ccc(C)cc2)n1. The number of nitrogens with zero attached hydrogens (tertiary/aromatic N) is 2. The van der Waals surface area contributed by atoms with Crippen LogP contribution in [-0.2, 0) is 9.53 Å². The molecule has 5 nitrogen and oxygen atoms in total. The molecule has 1 atom stereocenters. The Kier molecular flexibility index (Phi) is 6.04. The largest absolute Gasteiger partial charge is 0.451 e. The first-order chi connectivity index (χ1) is 12.6. The molecular formula is C20H24N2O3S. The molecule has 0 aliphatic carbocycles. The van der Waals surface area contributed by atoms with Crippen molar-refractivity contribution in [2.75, 3.05) is 13.2 Å². The number of hydrogen-bond acceptors (Lipinski definition) is 5. The summed E-state index contributed by atoms with van der Waals surface area (Å²) < 4.78 is 5.22. The van der Waals surface area contributed by atoms with Crippen molar-refractivity contribution >= 4 is 23.2 Å². The minimum absolute atomic E-state index is 0.112. The lowest BCUT2D eigenvalue weighted by molar-refractivity contribution is -0.138. The van der Waals surface area contributed by atoms with Gasteiger partial charge in [0.15, 0.2) is 12.3 Å². The van der Waals surface area contributed by atoms with Crippen LogP contribution in [0.15, 0.2) is 29.6 Å². The minimum Gasteiger partial charge on any atom is -0.451 e. The van der Waals surface area contributed by atoms with E-state index in [1.54, 1.807) is 5.38 Å². The summed E-state index contributed by atoms with van der Waals surface area (Å²) in [5.41, 5.74) is 2.39. The summed E-state index contributed by atoms with van der Waals surface area (Å²) in [7, 11) is 0. The number of thiazole rings is 1. The normalized spacial score (nSPS) is 17.2. The van der Waals surface area contributed by atoms with Crippen molar-refractivity contribution in [2.45, 2.75) is 45.6 Å². The van der Waals surface area contributed by atoms with E-state index in [1.165, 1.54) is 16.9 Å². The molecular weight excluding hydrogens is 348 g/mol. The highest BCUT2D eigenvalue weighted by Crippen LogP contribution is 2.24. The van der Waals surface area contributed by atoms with E-state index in [1.807, 2.05) is 36.1 Å². The van der Waals surface area contributed by atoms with Crippen LogP contribution in [0.1, 0.15) is 48.7 Å². The molecule has 2 aromatic rings. The van der Waals surface area contributed by atoms with Gasteiger partial charge < -0.3 is 9.64 Å². The predicted molar refractivity (Wildman–Crippen MR) is 102 cm³/mol. The van der Waals surface area contributed by atoms with Crippen molar-refractivity contribution in [1.29, 1.82) is 0 Å². The molecule has 1 saturated heterocycles. The molecule has 6 heteroatoms. The predicted octanol–water partition coefficient (Wildman–Crippen LogP) is 4.07. The third-order valence-corrected chi connectivity index (χ3v) is 5.65. The van der Waals surface area contributed by atoms with E-state index in [4.69, 9.17) is 4.74 Å². The van der Waals surface area contributed by atoms with Gasteiger partial charge in [0, 0.05) is 23.5 Å². The minimum atomic E-state index is -0.544. The second kappa shape index (κ2) is 8.45. The number of benzene rings is 1. The maximum atomic E-state index is 12.4. The zero-order valence-electron chi connectivity index (χ0n) is 15.2. The lowest BCUT2D eigenvalue weighted by Crippen LogP contribution is -2.45. The maximum Gasteiger partial charge on any atom is 0.358 e. The summed E-state index contributed by atoms with van der Waals surface area (Å²) in [5.74, 6) is -0.656. The zero-order chi connectivity index (χ0) is 18.5. The van der Waals surface area contributed by atoms with Gasteiger partial charge in [-0.2, -0.15) is 0 Å². The van der Waals surface area contributed by atoms with Crippen molar-refractivity contribution in [3.05, 3.63) is 40.9 Å². The highest BCUT2D eigenvalue weighted by Gasteiger charge is 2.26. The van der Waals surface area contributed by atoms with Crippen LogP contribution in [0.25, 0.3) is 10.6 Å². The number of hydrogen-bond donors (Lipinski definition) is 0. The Morgan fingerprint density at radius 1 is 1.27 bits per heavy atom. The van der Waals surface area contributed by atoms with Gasteiger partial charge in [-0.1, -0.05) is 36.8 Å². The third-order valence-electron chi connectivity index (χ3n) is 4.76. The molecule has 1 amide bonds. The Morgan fingerprint density at radius 3 is 2.77 bits per heavy atom. The smallest absolute Gasteiger partial charge is 0.358 e. The fraction of sp³-hybridized carbons (Fsp3) is 0.450. The average Bonchev–Trinajstić information content (AvgIpc) is 3.16. The average molecular weight is 372 g/mol. The van der Waals surface area contributed by atoms with Gasteiger partial charge in [0.05, 0.1) is 0 Å². The lowest BCUT2D eigenvalue weighted by Gasteiger charge is -2.35. The summed E-state index contributed by atoms with van der Waals surface area (Å²) in [6.07, 6.45) is 4.14. The van der Waals surface area contributed by atoms with E-state index in [9.17, 15) is 9.59 Å². The van der Waals surface area contributed by atoms with E-state index in [0.29, 0.717) is 0 Å². The topological polar surface area (TPSA) is 59.5 Å². The molecule has 1 fully saturated rings. The van der Waals surface area contributed by atoms with Gasteiger partial charge in [-0.25, -0.2) is 9.78 Å². The fourth-order valence-electron chi connectivity index (χ4n) is 3.23. The number of likely N-dealkylation sites (tertiary alicyclic amines) is 1. The molecule has 0 saturated carbocycles. The Hall–Kier alpha value is -2.21. The van der Waals surface area contributed by atoms with Crippen LogP contribution in [0.5, 0.6) is 0 Å². The molecule has 1 aromatic carbocycles. The Morgan fingerprint density at radius 2 is 2.04 bits per heavy atom. The second-order valence-corrected chi connectivity index (χ2v) is 7.48. The van der Waals surface area contributed by atoms with Crippen LogP contribution in [0.2, 0.25) is 0 Å². The number of esters is 1. The molecule has 1 aliphatic heterocycles. The summed E-state index contributed by atoms with van der Waals surface area (Å²) in [5, 5.41) is 2.45. The summed E-state index contributed by atoms with van der Waals surface area (Å²) in [4.78, 5) is 30.8. The van der Waals surface area contributed by atoms with Crippen molar-refractivity contribution in [2.24, 2.45) is 0 Å². The highest BCUT2D eigenvalue weighted by atomic mass is 32.1. The third kappa shape index (κ3) is 4.30. The van der Waals surface area contributed by atoms with Gasteiger partial charge in [0.1, 0.15) is 5.01 Å². The van der Waals surface area contributed by atoms with E-state index in [0.717, 1.165) is 42.8 Å². The molecule has 0 spiro atoms. The summed E-state index contributed by atoms with van der Waals surface area (Å²) in [6.45, 7) is 4.65. The van der Waals surface area contributed by atoms with Crippen LogP contribution >= 0.6 is 11.3 Å². The van der Waals surface area contributed by atoms with Crippen LogP contribution in [0.4, 0.5) is 0 Å². The quantitative estimate of drug-likeness (QED) is 0.743. The molecule has 138 valence electrons. The van der Waals surface area contributed by atoms with E-state index >= 15 is 0 Å². The monoisotopic (exact) mass is 372 g/mol. The van der Waals surface area contributed by atoms with E-state index < -0.39 is 5.97 Å². The van der Waals surface area contributed by atoms with Crippen LogP contribution < -0.4 is 0 Å². The van der Waals surface area contributed by atoms with Crippen molar-refractivity contribution in [3.8, 4) is 10.6 Å². The van der Waals surface area contributed by atoms with Gasteiger partial charge in [0.2, 0.25) is 0 Å². The highest BCUT2D eigenvalue weighted by molar-refractivity contribution is 7.13. The van der Waals surface area contributed by atoms with Crippen LogP contribution in [-0.4, -0.2) is 41.0 Å². The van der Waals surface area contributed by atoms with E-state index in [2.05, 4.69) is 11.9 Å². The Balaban J connectivity index is 1.58. The molecule has 0 N–H and O–H groups in total. The molecule has 1 aliphatic rings. The number of carbonyl (C=O) groups is 2. The first-order valence-corrected chi connectivity index (χ1v) is 9.95. The van der Waals surface area contributed by atoms with Gasteiger partial charge in [-0.05, 0) is 32.6 Å². The number of amides is 1. The summed E-state index contributed by atoms with van der Waals surface area (Å²) in [6, 6.07) is 8.25. The van der Waals surface area contributed by atoms with Crippen molar-refractivity contribution in [3.63, 3.8) is 0 Å². The first kappa shape index (κ1) is 18.6. The molecule has 3 rings (SSSR count). The molecule has 0 unspecified atom stereocenters. The standard InChI is InChI=1S/C20H24N2O3S/c1-3-16-6-4-5-11-22(16)18(23)12-25-20(24)17-13-26-19(21-17)15-9-7-14(2)8-10-15/h7-10,13,16H,3-6,11-12H2,1-2H3/t16-/m1/s1. The Labute approximate surface area is 158 Å². The van der Waals surface area contributed by atoms with Crippen LogP contribution in [0.3, 0.4) is 0 Å². The molecule has 2 heterocycles. The van der Waals surface area contributed by atoms with Gasteiger partial charge in [-0.3, -0.25) is 4.79 Å². The lowest BCUT2D eigenvalue weighted by atomic mass is 10.00. The maximum absolute atomic E-state index is 12.4. The van der Waals surface area contributed by atoms with Crippen molar-refractivity contribution < 1.29 is 14.3 Å². The van der Waals surface area contributed by atoms with Crippen molar-refractivity contribution in [1.82, 2.24) is 9.88 Å². The zero-order valence-corrected chi connectivity index (χ0v) is 16.1. The first-order valence-electron chi connectivity index (χ1n) is 9.07. The number of aryl methyl sites for hydroxylation is 1. The molecule has 1 aromatic heterocycles. The van der Waals surface area contributed by atoms with Gasteiger partial charge in [0.25, 0.3) is 5.91 Å². The molecule has 0 radical (unpaired) electrons. The fourth-order valence-corrected chi connectivity index (χ4v) is 4.03. The summed E-state index contributed by atoms with van der Waals surface area (Å²) >= 11 is 1.40. The van der Waals surface area contributed by atoms with E-state index in [-0.39, 0.29) is 24.2 Å². The second-order valence-electron chi connectivity index (χ2n) is 6.63. The van der Waals surface area contributed by atoms with Crippen LogP contribution in [0, 0.1) is 6.92 Å². The number of rotatable bonds is 5. The van der Waals surface area contributed by atoms with Gasteiger partial charge in [-0.15, -0.1) is 11.3 Å². The number of aromatic nitrogens is 1. The number of ether oxygens (including phenoxy) is 1. The van der Waals surface area contributed by atoms with Gasteiger partial charge >= 0.3 is 5.97 Å². The molecule has 26 heavy (non-hydrogen) atoms. The number of piperidine rings is 1. The Bertz CT molecular complexity index is 770. The molecule has 0 bridgehead atoms.